The van der Waals surface area contributed by atoms with Crippen molar-refractivity contribution >= 4 is 33.4 Å². The summed E-state index contributed by atoms with van der Waals surface area (Å²) in [5, 5.41) is 21.2. The number of nitrogens with zero attached hydrogens (tertiary/aromatic N) is 5. The number of benzene rings is 1. The molecule has 0 unspecified atom stereocenters. The molecule has 1 saturated carbocycles. The highest BCUT2D eigenvalue weighted by atomic mass is 32.2. The first-order chi connectivity index (χ1) is 17.2. The summed E-state index contributed by atoms with van der Waals surface area (Å²) >= 11 is 0.875. The zero-order valence-corrected chi connectivity index (χ0v) is 20.0. The maximum absolute atomic E-state index is 14.7. The number of hydrogen-bond donors (Lipinski definition) is 2. The molecule has 1 aliphatic carbocycles. The van der Waals surface area contributed by atoms with E-state index >= 15 is 0 Å². The highest BCUT2D eigenvalue weighted by molar-refractivity contribution is 8.26. The van der Waals surface area contributed by atoms with Gasteiger partial charge >= 0.3 is 0 Å². The van der Waals surface area contributed by atoms with Gasteiger partial charge in [0.05, 0.1) is 17.3 Å². The second kappa shape index (κ2) is 8.19. The van der Waals surface area contributed by atoms with Crippen LogP contribution in [0.15, 0.2) is 36.7 Å². The second-order valence-electron chi connectivity index (χ2n) is 9.58. The zero-order chi connectivity index (χ0) is 25.2. The van der Waals surface area contributed by atoms with Crippen LogP contribution in [0.3, 0.4) is 0 Å². The molecule has 0 bridgehead atoms. The number of thioether (sulfide) groups is 1. The van der Waals surface area contributed by atoms with Crippen LogP contribution in [-0.4, -0.2) is 55.3 Å². The van der Waals surface area contributed by atoms with Gasteiger partial charge in [-0.3, -0.25) is 10.8 Å². The third-order valence-electron chi connectivity index (χ3n) is 7.51. The van der Waals surface area contributed by atoms with Gasteiger partial charge < -0.3 is 9.80 Å². The monoisotopic (exact) mass is 517 g/mol. The van der Waals surface area contributed by atoms with E-state index in [0.29, 0.717) is 35.6 Å². The molecule has 6 rings (SSSR count). The highest BCUT2D eigenvalue weighted by Crippen LogP contribution is 2.63. The Morgan fingerprint density at radius 2 is 1.86 bits per heavy atom. The molecular formula is C24H23F4N7S. The molecule has 2 saturated heterocycles. The molecule has 1 aromatic carbocycles. The molecule has 4 heterocycles. The summed E-state index contributed by atoms with van der Waals surface area (Å²) in [6, 6.07) is 5.32. The number of aromatic nitrogens is 3. The number of hydrogen-bond acceptors (Lipinski definition) is 6. The largest absolute Gasteiger partial charge is 0.351 e. The lowest BCUT2D eigenvalue weighted by molar-refractivity contribution is -0.0430. The molecular weight excluding hydrogens is 494 g/mol. The Hall–Kier alpha value is -3.15. The molecule has 3 fully saturated rings. The van der Waals surface area contributed by atoms with Crippen molar-refractivity contribution in [2.24, 2.45) is 5.92 Å². The van der Waals surface area contributed by atoms with E-state index in [4.69, 9.17) is 15.8 Å². The number of piperidine rings is 2. The molecule has 3 aliphatic rings. The number of likely N-dealkylation sites (tertiary alicyclic amines) is 1. The molecule has 0 spiro atoms. The summed E-state index contributed by atoms with van der Waals surface area (Å²) in [7, 11) is 0. The Morgan fingerprint density at radius 1 is 1.08 bits per heavy atom. The molecule has 3 aromatic rings. The lowest BCUT2D eigenvalue weighted by Gasteiger charge is -2.32. The Labute approximate surface area is 208 Å². The quantitative estimate of drug-likeness (QED) is 0.295. The standard InChI is InChI=1S/C24H23F4N7S/c25-15-1-2-18(26)17(11-15)24-12-14(24)3-7-34(24)19-4-8-35-21(32-19)16(13-31-35)20(29)36-22(30)33-9-5-23(27,28)6-10-33/h1-2,4,8,11,13-14,29-30H,3,5-7,9-10,12H2/t14-,24+/m0/s1. The predicted octanol–water partition coefficient (Wildman–Crippen LogP) is 4.86. The summed E-state index contributed by atoms with van der Waals surface area (Å²) in [5.41, 5.74) is 0.510. The number of nitrogens with one attached hydrogen (secondary N) is 2. The Bertz CT molecular complexity index is 1380. The zero-order valence-electron chi connectivity index (χ0n) is 19.1. The summed E-state index contributed by atoms with van der Waals surface area (Å²) in [4.78, 5) is 8.31. The Kier molecular flexibility index (Phi) is 5.29. The Morgan fingerprint density at radius 3 is 2.61 bits per heavy atom. The maximum atomic E-state index is 14.7. The fraction of sp³-hybridized carbons (Fsp3) is 0.417. The maximum Gasteiger partial charge on any atom is 0.251 e. The van der Waals surface area contributed by atoms with Crippen LogP contribution < -0.4 is 4.90 Å². The SMILES string of the molecule is N=C(SC(=N)N1CCC(F)(F)CC1)c1cnn2ccc(N3CC[C@H]4C[C@]43c3cc(F)ccc3F)nc12. The van der Waals surface area contributed by atoms with Gasteiger partial charge in [-0.25, -0.2) is 27.1 Å². The first-order valence-electron chi connectivity index (χ1n) is 11.7. The van der Waals surface area contributed by atoms with Gasteiger partial charge in [0.15, 0.2) is 10.8 Å². The van der Waals surface area contributed by atoms with Crippen LogP contribution in [0.5, 0.6) is 0 Å². The third-order valence-corrected chi connectivity index (χ3v) is 8.38. The lowest BCUT2D eigenvalue weighted by Crippen LogP contribution is -2.41. The van der Waals surface area contributed by atoms with Gasteiger partial charge in [0, 0.05) is 44.2 Å². The summed E-state index contributed by atoms with van der Waals surface area (Å²) < 4.78 is 57.2. The molecule has 0 radical (unpaired) electrons. The summed E-state index contributed by atoms with van der Waals surface area (Å²) in [5.74, 6) is -2.84. The van der Waals surface area contributed by atoms with Crippen LogP contribution in [0, 0.1) is 28.4 Å². The van der Waals surface area contributed by atoms with Crippen LogP contribution in [-0.2, 0) is 5.54 Å². The van der Waals surface area contributed by atoms with Crippen LogP contribution in [0.4, 0.5) is 23.4 Å². The van der Waals surface area contributed by atoms with Crippen molar-refractivity contribution in [2.75, 3.05) is 24.5 Å². The molecule has 2 aromatic heterocycles. The van der Waals surface area contributed by atoms with E-state index in [-0.39, 0.29) is 42.1 Å². The van der Waals surface area contributed by atoms with Crippen LogP contribution in [0.2, 0.25) is 0 Å². The first kappa shape index (κ1) is 23.3. The minimum absolute atomic E-state index is 0.0342. The van der Waals surface area contributed by atoms with Crippen molar-refractivity contribution in [3.05, 3.63) is 59.4 Å². The smallest absolute Gasteiger partial charge is 0.251 e. The lowest BCUT2D eigenvalue weighted by atomic mass is 10.0. The van der Waals surface area contributed by atoms with Gasteiger partial charge in [-0.2, -0.15) is 5.10 Å². The normalized spacial score (nSPS) is 24.7. The van der Waals surface area contributed by atoms with E-state index in [0.717, 1.165) is 30.3 Å². The molecule has 2 N–H and O–H groups in total. The van der Waals surface area contributed by atoms with Gasteiger partial charge in [-0.1, -0.05) is 0 Å². The van der Waals surface area contributed by atoms with E-state index in [1.807, 2.05) is 4.90 Å². The van der Waals surface area contributed by atoms with Crippen LogP contribution in [0.1, 0.15) is 36.8 Å². The highest BCUT2D eigenvalue weighted by Gasteiger charge is 2.64. The average Bonchev–Trinajstić information content (AvgIpc) is 3.22. The first-order valence-corrected chi connectivity index (χ1v) is 12.6. The molecule has 0 amide bonds. The topological polar surface area (TPSA) is 84.4 Å². The van der Waals surface area contributed by atoms with E-state index in [2.05, 4.69) is 5.10 Å². The fourth-order valence-electron chi connectivity index (χ4n) is 5.52. The Balaban J connectivity index is 1.27. The van der Waals surface area contributed by atoms with Gasteiger partial charge in [0.25, 0.3) is 5.92 Å². The third kappa shape index (κ3) is 3.73. The molecule has 188 valence electrons. The number of alkyl halides is 2. The van der Waals surface area contributed by atoms with Crippen molar-refractivity contribution in [2.45, 2.75) is 37.1 Å². The number of halogens is 4. The molecule has 2 atom stereocenters. The fourth-order valence-corrected chi connectivity index (χ4v) is 6.28. The van der Waals surface area contributed by atoms with Crippen molar-refractivity contribution in [3.8, 4) is 0 Å². The molecule has 36 heavy (non-hydrogen) atoms. The number of fused-ring (bicyclic) bond motifs is 2. The van der Waals surface area contributed by atoms with Crippen molar-refractivity contribution in [3.63, 3.8) is 0 Å². The molecule has 7 nitrogen and oxygen atoms in total. The van der Waals surface area contributed by atoms with Gasteiger partial charge in [-0.05, 0) is 54.8 Å². The molecule has 2 aliphatic heterocycles. The van der Waals surface area contributed by atoms with Crippen LogP contribution in [0.25, 0.3) is 5.65 Å². The van der Waals surface area contributed by atoms with Gasteiger partial charge in [-0.15, -0.1) is 0 Å². The predicted molar refractivity (Wildman–Crippen MR) is 129 cm³/mol. The summed E-state index contributed by atoms with van der Waals surface area (Å²) in [6.45, 7) is 0.778. The number of anilines is 1. The van der Waals surface area contributed by atoms with Gasteiger partial charge in [0.2, 0.25) is 0 Å². The van der Waals surface area contributed by atoms with E-state index in [1.165, 1.54) is 16.8 Å². The van der Waals surface area contributed by atoms with Crippen molar-refractivity contribution in [1.82, 2.24) is 19.5 Å². The summed E-state index contributed by atoms with van der Waals surface area (Å²) in [6.07, 6.45) is 4.13. The van der Waals surface area contributed by atoms with Crippen molar-refractivity contribution < 1.29 is 17.6 Å². The minimum Gasteiger partial charge on any atom is -0.351 e. The second-order valence-corrected chi connectivity index (χ2v) is 10.6. The van der Waals surface area contributed by atoms with Crippen LogP contribution >= 0.6 is 11.8 Å². The average molecular weight is 518 g/mol. The van der Waals surface area contributed by atoms with E-state index in [1.54, 1.807) is 17.2 Å². The van der Waals surface area contributed by atoms with E-state index in [9.17, 15) is 17.6 Å². The number of amidine groups is 1. The van der Waals surface area contributed by atoms with Crippen molar-refractivity contribution in [1.29, 1.82) is 10.8 Å². The minimum atomic E-state index is -2.71. The van der Waals surface area contributed by atoms with Gasteiger partial charge in [0.1, 0.15) is 22.5 Å². The van der Waals surface area contributed by atoms with E-state index < -0.39 is 23.1 Å². The molecule has 12 heteroatoms. The number of rotatable bonds is 3.